The largest absolute Gasteiger partial charge is 0.478 e. The van der Waals surface area contributed by atoms with E-state index in [1.165, 1.54) is 0 Å². The number of Topliss-reactive ketones (excluding diaryl/α,β-unsaturated/α-hetero) is 2. The Morgan fingerprint density at radius 2 is 1.75 bits per heavy atom. The van der Waals surface area contributed by atoms with Crippen molar-refractivity contribution < 1.29 is 42.6 Å². The summed E-state index contributed by atoms with van der Waals surface area (Å²) in [5.41, 5.74) is 4.71. The quantitative estimate of drug-likeness (QED) is 0.178. The third kappa shape index (κ3) is 2.57. The van der Waals surface area contributed by atoms with Gasteiger partial charge < -0.3 is 9.99 Å². The Bertz CT molecular complexity index is 944. The molecule has 2 rings (SSSR count). The maximum absolute atomic E-state index is 12.2. The van der Waals surface area contributed by atoms with Crippen LogP contribution in [0.1, 0.15) is 43.9 Å². The minimum Gasteiger partial charge on any atom is -0.478 e. The van der Waals surface area contributed by atoms with Gasteiger partial charge in [-0.3, -0.25) is 14.1 Å². The van der Waals surface area contributed by atoms with Crippen LogP contribution >= 0.6 is 0 Å². The van der Waals surface area contributed by atoms with Gasteiger partial charge in [0.05, 0.1) is 16.8 Å². The van der Waals surface area contributed by atoms with Crippen LogP contribution in [0, 0.1) is 0 Å². The Labute approximate surface area is 132 Å². The number of carboxylic acids is 1. The van der Waals surface area contributed by atoms with Gasteiger partial charge in [0, 0.05) is 17.8 Å². The van der Waals surface area contributed by atoms with Crippen LogP contribution in [0.5, 0.6) is 5.75 Å². The lowest BCUT2D eigenvalue weighted by Crippen LogP contribution is -2.17. The molecule has 3 N–H and O–H groups in total. The van der Waals surface area contributed by atoms with Crippen LogP contribution in [0.15, 0.2) is 10.0 Å². The van der Waals surface area contributed by atoms with Crippen molar-refractivity contribution >= 4 is 33.3 Å². The van der Waals surface area contributed by atoms with Gasteiger partial charge in [-0.15, -0.1) is 0 Å². The summed E-state index contributed by atoms with van der Waals surface area (Å²) in [6.45, 7) is 0. The molecule has 0 aromatic heterocycles. The summed E-state index contributed by atoms with van der Waals surface area (Å²) in [6.07, 6.45) is -1.02. The van der Waals surface area contributed by atoms with Crippen LogP contribution in [0.2, 0.25) is 0 Å². The molecule has 24 heavy (non-hydrogen) atoms. The molecular formula is C11H7N3O9S. The predicted molar refractivity (Wildman–Crippen MR) is 73.2 cm³/mol. The van der Waals surface area contributed by atoms with Gasteiger partial charge in [-0.2, -0.15) is 8.42 Å². The van der Waals surface area contributed by atoms with Crippen molar-refractivity contribution in [2.24, 2.45) is 5.11 Å². The predicted octanol–water partition coefficient (Wildman–Crippen LogP) is 1.58. The van der Waals surface area contributed by atoms with Crippen molar-refractivity contribution in [2.75, 3.05) is 0 Å². The summed E-state index contributed by atoms with van der Waals surface area (Å²) in [7, 11) is -5.33. The van der Waals surface area contributed by atoms with E-state index >= 15 is 0 Å². The Morgan fingerprint density at radius 3 is 2.17 bits per heavy atom. The topological polar surface area (TPSA) is 204 Å². The molecule has 0 unspecified atom stereocenters. The van der Waals surface area contributed by atoms with E-state index < -0.39 is 73.5 Å². The number of azide groups is 1. The molecule has 1 aromatic carbocycles. The van der Waals surface area contributed by atoms with Crippen LogP contribution in [-0.2, 0) is 10.1 Å². The van der Waals surface area contributed by atoms with E-state index in [0.29, 0.717) is 0 Å². The zero-order valence-corrected chi connectivity index (χ0v) is 12.3. The number of carboxylic acid groups (broad SMARTS) is 1. The van der Waals surface area contributed by atoms with Crippen molar-refractivity contribution in [3.63, 3.8) is 0 Å². The fourth-order valence-electron chi connectivity index (χ4n) is 2.38. The van der Waals surface area contributed by atoms with E-state index in [0.717, 1.165) is 0 Å². The average molecular weight is 357 g/mol. The maximum atomic E-state index is 12.2. The summed E-state index contributed by atoms with van der Waals surface area (Å²) in [5.74, 6) is -5.12. The highest BCUT2D eigenvalue weighted by atomic mass is 32.2. The Kier molecular flexibility index (Phi) is 4.27. The van der Waals surface area contributed by atoms with Crippen LogP contribution in [-0.4, -0.2) is 40.9 Å². The number of ketones is 2. The molecule has 1 aromatic rings. The van der Waals surface area contributed by atoms with Crippen molar-refractivity contribution in [1.82, 2.24) is 0 Å². The third-order valence-electron chi connectivity index (χ3n) is 3.23. The summed E-state index contributed by atoms with van der Waals surface area (Å²) in [6, 6.07) is 0. The smallest absolute Gasteiger partial charge is 0.341 e. The molecule has 1 aliphatic rings. The maximum Gasteiger partial charge on any atom is 0.341 e. The molecule has 0 spiro atoms. The lowest BCUT2D eigenvalue weighted by molar-refractivity contribution is -0.138. The number of hydrogen-bond acceptors (Lipinski definition) is 8. The van der Waals surface area contributed by atoms with E-state index in [1.807, 2.05) is 0 Å². The number of aromatic carboxylic acids is 1. The van der Waals surface area contributed by atoms with E-state index in [2.05, 4.69) is 14.9 Å². The van der Waals surface area contributed by atoms with Gasteiger partial charge in [0.25, 0.3) is 10.1 Å². The zero-order chi connectivity index (χ0) is 18.2. The molecule has 0 saturated heterocycles. The van der Waals surface area contributed by atoms with Gasteiger partial charge in [0.1, 0.15) is 10.5 Å². The first-order valence-corrected chi connectivity index (χ1v) is 7.46. The van der Waals surface area contributed by atoms with Crippen molar-refractivity contribution in [3.8, 4) is 5.75 Å². The minimum absolute atomic E-state index is 0.485. The molecule has 0 amide bonds. The summed E-state index contributed by atoms with van der Waals surface area (Å²) < 4.78 is 32.6. The molecular weight excluding hydrogens is 350 g/mol. The molecule has 0 atom stereocenters. The molecule has 2 bridgehead atoms. The lowest BCUT2D eigenvalue weighted by Gasteiger charge is -2.16. The number of fused-ring (bicyclic) bond motifs is 2. The van der Waals surface area contributed by atoms with Crippen LogP contribution in [0.3, 0.4) is 0 Å². The monoisotopic (exact) mass is 357 g/mol. The highest BCUT2D eigenvalue weighted by Gasteiger charge is 2.40. The molecule has 126 valence electrons. The Balaban J connectivity index is 3.28. The molecule has 12 nitrogen and oxygen atoms in total. The standard InChI is InChI=1S/C11H7N3O9S/c12-14-13-8-5-3(15)1-2-4(16)6(8)10(24(20,21)22)7(11(17)18)9(5)23-19/h19H,1-2H2,(H,17,18)(H,20,21,22). The van der Waals surface area contributed by atoms with E-state index in [4.69, 9.17) is 10.8 Å². The first-order valence-electron chi connectivity index (χ1n) is 6.02. The fraction of sp³-hybridized carbons (Fsp3) is 0.182. The highest BCUT2D eigenvalue weighted by Crippen LogP contribution is 2.44. The SMILES string of the molecule is [N-]=[N+]=Nc1c2c(OO)c(C(=O)O)c(S(=O)(=O)O)c1C(=O)CCC2=O. The van der Waals surface area contributed by atoms with Crippen molar-refractivity contribution in [3.05, 3.63) is 27.1 Å². The molecule has 0 aliphatic heterocycles. The summed E-state index contributed by atoms with van der Waals surface area (Å²) in [5, 5.41) is 21.2. The number of carbonyl (C=O) groups excluding carboxylic acids is 2. The summed E-state index contributed by atoms with van der Waals surface area (Å²) >= 11 is 0. The van der Waals surface area contributed by atoms with Crippen LogP contribution < -0.4 is 4.89 Å². The van der Waals surface area contributed by atoms with Gasteiger partial charge in [-0.05, 0) is 5.53 Å². The number of rotatable bonds is 4. The van der Waals surface area contributed by atoms with Gasteiger partial charge in [0.2, 0.25) is 0 Å². The Hall–Kier alpha value is -2.99. The Morgan fingerprint density at radius 1 is 1.21 bits per heavy atom. The van der Waals surface area contributed by atoms with Crippen LogP contribution in [0.4, 0.5) is 5.69 Å². The second-order valence-electron chi connectivity index (χ2n) is 4.54. The number of hydrogen-bond donors (Lipinski definition) is 3. The van der Waals surface area contributed by atoms with Crippen molar-refractivity contribution in [1.29, 1.82) is 0 Å². The highest BCUT2D eigenvalue weighted by molar-refractivity contribution is 7.86. The minimum atomic E-state index is -5.33. The number of carbonyl (C=O) groups is 3. The molecule has 13 heteroatoms. The number of benzene rings is 1. The molecule has 0 heterocycles. The molecule has 0 fully saturated rings. The van der Waals surface area contributed by atoms with E-state index in [1.54, 1.807) is 0 Å². The first-order chi connectivity index (χ1) is 11.1. The average Bonchev–Trinajstić information content (AvgIpc) is 2.56. The van der Waals surface area contributed by atoms with E-state index in [9.17, 15) is 32.5 Å². The lowest BCUT2D eigenvalue weighted by atomic mass is 9.98. The van der Waals surface area contributed by atoms with Crippen LogP contribution in [0.25, 0.3) is 10.4 Å². The second-order valence-corrected chi connectivity index (χ2v) is 5.90. The normalized spacial score (nSPS) is 13.9. The van der Waals surface area contributed by atoms with Crippen molar-refractivity contribution in [2.45, 2.75) is 17.7 Å². The third-order valence-corrected chi connectivity index (χ3v) is 4.15. The van der Waals surface area contributed by atoms with Gasteiger partial charge in [0.15, 0.2) is 17.3 Å². The first kappa shape index (κ1) is 17.4. The van der Waals surface area contributed by atoms with Gasteiger partial charge >= 0.3 is 5.97 Å². The molecule has 1 aliphatic carbocycles. The zero-order valence-electron chi connectivity index (χ0n) is 11.5. The fourth-order valence-corrected chi connectivity index (χ4v) is 3.28. The summed E-state index contributed by atoms with van der Waals surface area (Å²) in [4.78, 5) is 40.4. The second kappa shape index (κ2) is 5.90. The van der Waals surface area contributed by atoms with Gasteiger partial charge in [-0.1, -0.05) is 5.11 Å². The number of nitrogens with zero attached hydrogens (tertiary/aromatic N) is 3. The van der Waals surface area contributed by atoms with Gasteiger partial charge in [-0.25, -0.2) is 10.1 Å². The molecule has 0 radical (unpaired) electrons. The molecule has 0 saturated carbocycles. The van der Waals surface area contributed by atoms with E-state index in [-0.39, 0.29) is 0 Å².